The van der Waals surface area contributed by atoms with E-state index in [-0.39, 0.29) is 17.5 Å². The maximum Gasteiger partial charge on any atom is 0.326 e. The third-order valence-electron chi connectivity index (χ3n) is 2.97. The van der Waals surface area contributed by atoms with Gasteiger partial charge in [-0.25, -0.2) is 4.39 Å². The minimum absolute atomic E-state index is 0.0153. The smallest absolute Gasteiger partial charge is 0.326 e. The highest BCUT2D eigenvalue weighted by atomic mass is 32.2. The molecule has 0 unspecified atom stereocenters. The SMILES string of the molecule is C[C@@H](OC(=O)CN1CCSC1=O)C(=O)Nc1ccccc1F. The van der Waals surface area contributed by atoms with Crippen LogP contribution in [0.3, 0.4) is 0 Å². The molecule has 2 rings (SSSR count). The van der Waals surface area contributed by atoms with Gasteiger partial charge in [-0.3, -0.25) is 14.4 Å². The zero-order chi connectivity index (χ0) is 16.1. The lowest BCUT2D eigenvalue weighted by Crippen LogP contribution is -2.36. The predicted octanol–water partition coefficient (Wildman–Crippen LogP) is 1.86. The number of nitrogens with zero attached hydrogens (tertiary/aromatic N) is 1. The fourth-order valence-electron chi connectivity index (χ4n) is 1.81. The second kappa shape index (κ2) is 7.26. The number of thioether (sulfide) groups is 1. The van der Waals surface area contributed by atoms with Crippen LogP contribution in [-0.4, -0.2) is 47.0 Å². The van der Waals surface area contributed by atoms with Gasteiger partial charge >= 0.3 is 5.97 Å². The van der Waals surface area contributed by atoms with Crippen LogP contribution in [0.1, 0.15) is 6.92 Å². The minimum Gasteiger partial charge on any atom is -0.451 e. The molecular formula is C14H15FN2O4S. The molecule has 1 aromatic rings. The van der Waals surface area contributed by atoms with E-state index in [1.165, 1.54) is 30.0 Å². The first-order chi connectivity index (χ1) is 10.5. The fourth-order valence-corrected chi connectivity index (χ4v) is 2.63. The van der Waals surface area contributed by atoms with Gasteiger partial charge in [0.1, 0.15) is 12.4 Å². The Hall–Kier alpha value is -2.09. The number of hydrogen-bond donors (Lipinski definition) is 1. The Morgan fingerprint density at radius 3 is 2.82 bits per heavy atom. The summed E-state index contributed by atoms with van der Waals surface area (Å²) in [5.41, 5.74) is 0.0153. The third-order valence-corrected chi connectivity index (χ3v) is 3.87. The lowest BCUT2D eigenvalue weighted by Gasteiger charge is -2.17. The molecule has 8 heteroatoms. The Labute approximate surface area is 131 Å². The molecule has 1 atom stereocenters. The van der Waals surface area contributed by atoms with E-state index >= 15 is 0 Å². The van der Waals surface area contributed by atoms with E-state index in [0.29, 0.717) is 12.3 Å². The van der Waals surface area contributed by atoms with Crippen LogP contribution in [0.4, 0.5) is 14.9 Å². The summed E-state index contributed by atoms with van der Waals surface area (Å²) < 4.78 is 18.4. The van der Waals surface area contributed by atoms with E-state index < -0.39 is 23.8 Å². The van der Waals surface area contributed by atoms with E-state index in [1.54, 1.807) is 6.07 Å². The topological polar surface area (TPSA) is 75.7 Å². The summed E-state index contributed by atoms with van der Waals surface area (Å²) in [6.45, 7) is 1.67. The molecular weight excluding hydrogens is 311 g/mol. The van der Waals surface area contributed by atoms with Crippen molar-refractivity contribution in [2.45, 2.75) is 13.0 Å². The van der Waals surface area contributed by atoms with Crippen molar-refractivity contribution < 1.29 is 23.5 Å². The first-order valence-corrected chi connectivity index (χ1v) is 7.62. The van der Waals surface area contributed by atoms with Gasteiger partial charge in [0.05, 0.1) is 5.69 Å². The summed E-state index contributed by atoms with van der Waals surface area (Å²) >= 11 is 1.13. The molecule has 1 N–H and O–H groups in total. The van der Waals surface area contributed by atoms with Gasteiger partial charge in [0.25, 0.3) is 11.1 Å². The summed E-state index contributed by atoms with van der Waals surface area (Å²) in [5.74, 6) is -1.25. The molecule has 22 heavy (non-hydrogen) atoms. The lowest BCUT2D eigenvalue weighted by molar-refractivity contribution is -0.153. The number of benzene rings is 1. The zero-order valence-corrected chi connectivity index (χ0v) is 12.7. The molecule has 6 nitrogen and oxygen atoms in total. The van der Waals surface area contributed by atoms with Gasteiger partial charge in [-0.1, -0.05) is 23.9 Å². The molecule has 1 aliphatic heterocycles. The van der Waals surface area contributed by atoms with E-state index in [9.17, 15) is 18.8 Å². The maximum atomic E-state index is 13.4. The van der Waals surface area contributed by atoms with Crippen LogP contribution in [0, 0.1) is 5.82 Å². The first kappa shape index (κ1) is 16.3. The molecule has 2 amide bonds. The molecule has 0 spiro atoms. The fraction of sp³-hybridized carbons (Fsp3) is 0.357. The number of ether oxygens (including phenoxy) is 1. The molecule has 0 aromatic heterocycles. The number of halogens is 1. The Bertz CT molecular complexity index is 596. The van der Waals surface area contributed by atoms with Crippen LogP contribution < -0.4 is 5.32 Å². The number of para-hydroxylation sites is 1. The monoisotopic (exact) mass is 326 g/mol. The predicted molar refractivity (Wildman–Crippen MR) is 80.0 cm³/mol. The van der Waals surface area contributed by atoms with Gasteiger partial charge in [0.15, 0.2) is 6.10 Å². The van der Waals surface area contributed by atoms with Crippen LogP contribution in [0.15, 0.2) is 24.3 Å². The average molecular weight is 326 g/mol. The highest BCUT2D eigenvalue weighted by Crippen LogP contribution is 2.17. The second-order valence-corrected chi connectivity index (χ2v) is 5.68. The van der Waals surface area contributed by atoms with Crippen molar-refractivity contribution in [3.8, 4) is 0 Å². The second-order valence-electron chi connectivity index (χ2n) is 4.64. The zero-order valence-electron chi connectivity index (χ0n) is 11.9. The summed E-state index contributed by atoms with van der Waals surface area (Å²) in [6, 6.07) is 5.69. The van der Waals surface area contributed by atoms with Gasteiger partial charge < -0.3 is 15.0 Å². The van der Waals surface area contributed by atoms with Crippen molar-refractivity contribution in [2.75, 3.05) is 24.2 Å². The van der Waals surface area contributed by atoms with Crippen LogP contribution >= 0.6 is 11.8 Å². The number of esters is 1. The molecule has 1 saturated heterocycles. The largest absolute Gasteiger partial charge is 0.451 e. The number of nitrogens with one attached hydrogen (secondary N) is 1. The standard InChI is InChI=1S/C14H15FN2O4S/c1-9(13(19)16-11-5-3-2-4-10(11)15)21-12(18)8-17-6-7-22-14(17)20/h2-5,9H,6-8H2,1H3,(H,16,19)/t9-/m1/s1. The Kier molecular flexibility index (Phi) is 5.37. The van der Waals surface area contributed by atoms with E-state index in [0.717, 1.165) is 11.8 Å². The van der Waals surface area contributed by atoms with Crippen LogP contribution in [-0.2, 0) is 14.3 Å². The average Bonchev–Trinajstić information content (AvgIpc) is 2.86. The van der Waals surface area contributed by atoms with Crippen molar-refractivity contribution in [1.82, 2.24) is 4.90 Å². The van der Waals surface area contributed by atoms with Crippen molar-refractivity contribution >= 4 is 34.6 Å². The molecule has 0 aliphatic carbocycles. The highest BCUT2D eigenvalue weighted by Gasteiger charge is 2.26. The van der Waals surface area contributed by atoms with Crippen LogP contribution in [0.5, 0.6) is 0 Å². The number of hydrogen-bond acceptors (Lipinski definition) is 5. The van der Waals surface area contributed by atoms with Crippen molar-refractivity contribution in [3.63, 3.8) is 0 Å². The van der Waals surface area contributed by atoms with Gasteiger partial charge in [0, 0.05) is 12.3 Å². The van der Waals surface area contributed by atoms with Gasteiger partial charge in [-0.05, 0) is 19.1 Å². The summed E-state index contributed by atoms with van der Waals surface area (Å²) in [4.78, 5) is 36.3. The molecule has 118 valence electrons. The molecule has 1 aromatic carbocycles. The number of carbonyl (C=O) groups is 3. The molecule has 1 heterocycles. The minimum atomic E-state index is -1.09. The lowest BCUT2D eigenvalue weighted by atomic mass is 10.3. The normalized spacial score (nSPS) is 15.5. The molecule has 1 aliphatic rings. The molecule has 0 bridgehead atoms. The third kappa shape index (κ3) is 4.20. The van der Waals surface area contributed by atoms with Gasteiger partial charge in [-0.15, -0.1) is 0 Å². The number of amides is 2. The van der Waals surface area contributed by atoms with Gasteiger partial charge in [-0.2, -0.15) is 0 Å². The van der Waals surface area contributed by atoms with E-state index in [4.69, 9.17) is 4.74 Å². The Balaban J connectivity index is 1.84. The van der Waals surface area contributed by atoms with Crippen molar-refractivity contribution in [2.24, 2.45) is 0 Å². The molecule has 0 radical (unpaired) electrons. The van der Waals surface area contributed by atoms with Gasteiger partial charge in [0.2, 0.25) is 0 Å². The Morgan fingerprint density at radius 2 is 2.18 bits per heavy atom. The first-order valence-electron chi connectivity index (χ1n) is 6.64. The highest BCUT2D eigenvalue weighted by molar-refractivity contribution is 8.13. The van der Waals surface area contributed by atoms with Crippen LogP contribution in [0.25, 0.3) is 0 Å². The van der Waals surface area contributed by atoms with Crippen molar-refractivity contribution in [1.29, 1.82) is 0 Å². The summed E-state index contributed by atoms with van der Waals surface area (Å²) in [6.07, 6.45) is -1.09. The molecule has 0 saturated carbocycles. The summed E-state index contributed by atoms with van der Waals surface area (Å²) in [5, 5.41) is 2.16. The molecule has 1 fully saturated rings. The van der Waals surface area contributed by atoms with E-state index in [2.05, 4.69) is 5.32 Å². The number of rotatable bonds is 5. The number of carbonyl (C=O) groups excluding carboxylic acids is 3. The van der Waals surface area contributed by atoms with Crippen molar-refractivity contribution in [3.05, 3.63) is 30.1 Å². The van der Waals surface area contributed by atoms with Crippen LogP contribution in [0.2, 0.25) is 0 Å². The number of anilines is 1. The quantitative estimate of drug-likeness (QED) is 0.836. The maximum absolute atomic E-state index is 13.4. The van der Waals surface area contributed by atoms with E-state index in [1.807, 2.05) is 0 Å². The summed E-state index contributed by atoms with van der Waals surface area (Å²) in [7, 11) is 0. The Morgan fingerprint density at radius 1 is 1.45 bits per heavy atom.